The fraction of sp³-hybridized carbons (Fsp3) is 0.944. The number of aliphatic hydroxyl groups excluding tert-OH is 7. The number of rotatable bonds is 47. The largest absolute Gasteiger partial charge is 0.394 e. The summed E-state index contributed by atoms with van der Waals surface area (Å²) in [4.78, 5) is 13.1. The Morgan fingerprint density at radius 1 is 0.523 bits per heavy atom. The first-order chi connectivity index (χ1) is 31.7. The maximum absolute atomic E-state index is 13.1. The molecule has 0 aromatic carbocycles. The summed E-state index contributed by atoms with van der Waals surface area (Å²) < 4.78 is 11.1. The molecular weight excluding hydrogens is 823 g/mol. The maximum atomic E-state index is 13.1. The highest BCUT2D eigenvalue weighted by atomic mass is 16.7. The van der Waals surface area contributed by atoms with Gasteiger partial charge >= 0.3 is 0 Å². The van der Waals surface area contributed by atoms with Gasteiger partial charge in [-0.15, -0.1) is 0 Å². The van der Waals surface area contributed by atoms with Crippen LogP contribution in [0.3, 0.4) is 0 Å². The summed E-state index contributed by atoms with van der Waals surface area (Å²) >= 11 is 0. The molecule has 1 heterocycles. The van der Waals surface area contributed by atoms with Gasteiger partial charge in [0.05, 0.1) is 25.4 Å². The van der Waals surface area contributed by atoms with Gasteiger partial charge in [0, 0.05) is 0 Å². The highest BCUT2D eigenvalue weighted by molar-refractivity contribution is 5.80. The van der Waals surface area contributed by atoms with Crippen LogP contribution in [0.1, 0.15) is 258 Å². The second-order valence-corrected chi connectivity index (χ2v) is 19.7. The van der Waals surface area contributed by atoms with Crippen molar-refractivity contribution in [2.75, 3.05) is 13.2 Å². The lowest BCUT2D eigenvalue weighted by Crippen LogP contribution is -2.60. The molecule has 0 spiro atoms. The van der Waals surface area contributed by atoms with Gasteiger partial charge in [-0.25, -0.2) is 0 Å². The molecule has 1 fully saturated rings. The van der Waals surface area contributed by atoms with Crippen LogP contribution in [-0.2, 0) is 14.3 Å². The first-order valence-electron chi connectivity index (χ1n) is 27.6. The lowest BCUT2D eigenvalue weighted by Gasteiger charge is -2.40. The minimum absolute atomic E-state index is 0.258. The van der Waals surface area contributed by atoms with Crippen LogP contribution in [0.25, 0.3) is 0 Å². The quantitative estimate of drug-likeness (QED) is 0.0215. The molecule has 0 bridgehead atoms. The summed E-state index contributed by atoms with van der Waals surface area (Å²) in [6.45, 7) is 3.44. The number of amides is 1. The molecule has 11 nitrogen and oxygen atoms in total. The van der Waals surface area contributed by atoms with E-state index in [-0.39, 0.29) is 12.8 Å². The summed E-state index contributed by atoms with van der Waals surface area (Å²) in [6.07, 6.45) is 38.6. The van der Waals surface area contributed by atoms with Gasteiger partial charge in [0.1, 0.15) is 36.6 Å². The number of hydrogen-bond donors (Lipinski definition) is 8. The molecule has 386 valence electrons. The van der Waals surface area contributed by atoms with E-state index in [1.165, 1.54) is 180 Å². The third kappa shape index (κ3) is 33.1. The fourth-order valence-corrected chi connectivity index (χ4v) is 9.03. The SMILES string of the molecule is CCCCCCCCCCCCCCCCCCCCCCCC/C=C/CCCC(O)C(O)C(COC1OC(CO)C(O)C(O)C1O)NC(=O)C(O)CCCCCCCCCCCCC. The molecule has 0 radical (unpaired) electrons. The van der Waals surface area contributed by atoms with Crippen molar-refractivity contribution in [3.8, 4) is 0 Å². The molecule has 0 aromatic heterocycles. The number of carbonyl (C=O) groups is 1. The smallest absolute Gasteiger partial charge is 0.249 e. The Morgan fingerprint density at radius 3 is 1.32 bits per heavy atom. The van der Waals surface area contributed by atoms with E-state index in [1.54, 1.807) is 0 Å². The third-order valence-electron chi connectivity index (χ3n) is 13.6. The van der Waals surface area contributed by atoms with Crippen molar-refractivity contribution in [2.45, 2.75) is 313 Å². The second kappa shape index (κ2) is 44.1. The van der Waals surface area contributed by atoms with Crippen molar-refractivity contribution in [1.82, 2.24) is 5.32 Å². The van der Waals surface area contributed by atoms with Gasteiger partial charge in [-0.1, -0.05) is 231 Å². The predicted octanol–water partition coefficient (Wildman–Crippen LogP) is 10.8. The monoisotopic (exact) mass is 928 g/mol. The summed E-state index contributed by atoms with van der Waals surface area (Å²) in [7, 11) is 0. The molecule has 9 atom stereocenters. The molecule has 1 amide bonds. The van der Waals surface area contributed by atoms with Gasteiger partial charge in [0.2, 0.25) is 5.91 Å². The van der Waals surface area contributed by atoms with Gasteiger partial charge in [-0.05, 0) is 38.5 Å². The zero-order valence-electron chi connectivity index (χ0n) is 42.0. The van der Waals surface area contributed by atoms with Crippen LogP contribution < -0.4 is 5.32 Å². The number of nitrogens with one attached hydrogen (secondary N) is 1. The second-order valence-electron chi connectivity index (χ2n) is 19.7. The Labute approximate surface area is 398 Å². The molecule has 0 aromatic rings. The van der Waals surface area contributed by atoms with Gasteiger partial charge < -0.3 is 50.5 Å². The molecular formula is C54H105NO10. The average molecular weight is 928 g/mol. The zero-order chi connectivity index (χ0) is 47.6. The summed E-state index contributed by atoms with van der Waals surface area (Å²) in [6, 6.07) is -1.18. The van der Waals surface area contributed by atoms with Crippen LogP contribution in [0.4, 0.5) is 0 Å². The van der Waals surface area contributed by atoms with Gasteiger partial charge in [-0.2, -0.15) is 0 Å². The minimum Gasteiger partial charge on any atom is -0.394 e. The Balaban J connectivity index is 2.28. The fourth-order valence-electron chi connectivity index (χ4n) is 9.03. The number of ether oxygens (including phenoxy) is 2. The average Bonchev–Trinajstić information content (AvgIpc) is 3.31. The molecule has 1 aliphatic rings. The molecule has 0 aliphatic carbocycles. The maximum Gasteiger partial charge on any atom is 0.249 e. The van der Waals surface area contributed by atoms with E-state index in [9.17, 15) is 40.5 Å². The standard InChI is InChI=1S/C54H105NO10/c1-3-5-7-9-11-13-15-16-17-18-19-20-21-22-23-24-25-26-27-28-29-30-32-33-35-37-39-41-46(57)49(59)45(44-64-54-52(62)51(61)50(60)48(43-56)65-54)55-53(63)47(58)42-40-38-36-34-31-14-12-10-8-6-4-2/h33,35,45-52,54,56-62H,3-32,34,36-44H2,1-2H3,(H,55,63)/b35-33+. The molecule has 11 heteroatoms. The lowest BCUT2D eigenvalue weighted by molar-refractivity contribution is -0.303. The Hall–Kier alpha value is -1.15. The summed E-state index contributed by atoms with van der Waals surface area (Å²) in [5.74, 6) is -0.705. The normalized spacial score (nSPS) is 20.9. The first-order valence-corrected chi connectivity index (χ1v) is 27.6. The molecule has 1 aliphatic heterocycles. The van der Waals surface area contributed by atoms with Crippen LogP contribution >= 0.6 is 0 Å². The van der Waals surface area contributed by atoms with E-state index in [0.717, 1.165) is 38.5 Å². The molecule has 1 saturated heterocycles. The van der Waals surface area contributed by atoms with Crippen molar-refractivity contribution < 1.29 is 50.0 Å². The summed E-state index contributed by atoms with van der Waals surface area (Å²) in [5, 5.41) is 75.8. The Morgan fingerprint density at radius 2 is 0.908 bits per heavy atom. The predicted molar refractivity (Wildman–Crippen MR) is 266 cm³/mol. The van der Waals surface area contributed by atoms with Crippen molar-refractivity contribution in [1.29, 1.82) is 0 Å². The molecule has 1 rings (SSSR count). The van der Waals surface area contributed by atoms with E-state index in [2.05, 4.69) is 31.3 Å². The van der Waals surface area contributed by atoms with Gasteiger partial charge in [-0.3, -0.25) is 4.79 Å². The minimum atomic E-state index is -1.66. The molecule has 8 N–H and O–H groups in total. The van der Waals surface area contributed by atoms with Gasteiger partial charge in [0.25, 0.3) is 0 Å². The molecule has 9 unspecified atom stereocenters. The highest BCUT2D eigenvalue weighted by Gasteiger charge is 2.44. The van der Waals surface area contributed by atoms with Crippen LogP contribution in [-0.4, -0.2) is 110 Å². The highest BCUT2D eigenvalue weighted by Crippen LogP contribution is 2.23. The number of unbranched alkanes of at least 4 members (excludes halogenated alkanes) is 33. The van der Waals surface area contributed by atoms with Crippen LogP contribution in [0.2, 0.25) is 0 Å². The third-order valence-corrected chi connectivity index (χ3v) is 13.6. The van der Waals surface area contributed by atoms with Crippen LogP contribution in [0.15, 0.2) is 12.2 Å². The topological polar surface area (TPSA) is 189 Å². The van der Waals surface area contributed by atoms with Crippen molar-refractivity contribution in [3.05, 3.63) is 12.2 Å². The van der Waals surface area contributed by atoms with Crippen LogP contribution in [0.5, 0.6) is 0 Å². The van der Waals surface area contributed by atoms with E-state index in [1.807, 2.05) is 0 Å². The van der Waals surface area contributed by atoms with Crippen molar-refractivity contribution in [2.24, 2.45) is 0 Å². The van der Waals surface area contributed by atoms with Crippen molar-refractivity contribution in [3.63, 3.8) is 0 Å². The summed E-state index contributed by atoms with van der Waals surface area (Å²) in [5.41, 5.74) is 0. The Kier molecular flexibility index (Phi) is 42.0. The zero-order valence-corrected chi connectivity index (χ0v) is 42.0. The lowest BCUT2D eigenvalue weighted by atomic mass is 9.98. The van der Waals surface area contributed by atoms with E-state index in [4.69, 9.17) is 9.47 Å². The van der Waals surface area contributed by atoms with Gasteiger partial charge in [0.15, 0.2) is 6.29 Å². The Bertz CT molecular complexity index is 1060. The molecule has 0 saturated carbocycles. The van der Waals surface area contributed by atoms with E-state index in [0.29, 0.717) is 12.8 Å². The number of aliphatic hydroxyl groups is 7. The van der Waals surface area contributed by atoms with Crippen molar-refractivity contribution >= 4 is 5.91 Å². The van der Waals surface area contributed by atoms with Crippen LogP contribution in [0, 0.1) is 0 Å². The van der Waals surface area contributed by atoms with E-state index < -0.39 is 74.2 Å². The first kappa shape index (κ1) is 61.9. The molecule has 65 heavy (non-hydrogen) atoms. The number of hydrogen-bond acceptors (Lipinski definition) is 10. The number of allylic oxidation sites excluding steroid dienone is 2. The number of carbonyl (C=O) groups excluding carboxylic acids is 1. The van der Waals surface area contributed by atoms with E-state index >= 15 is 0 Å².